The molecule has 1 unspecified atom stereocenters. The second-order valence-electron chi connectivity index (χ2n) is 6.86. The van der Waals surface area contributed by atoms with Crippen LogP contribution >= 0.6 is 0 Å². The normalized spacial score (nSPS) is 15.2. The summed E-state index contributed by atoms with van der Waals surface area (Å²) >= 11 is 0. The molecule has 0 bridgehead atoms. The molecule has 0 aliphatic heterocycles. The van der Waals surface area contributed by atoms with Crippen LogP contribution in [0.1, 0.15) is 54.9 Å². The number of hydrogen-bond acceptors (Lipinski definition) is 4. The number of carbonyl (C=O) groups excluding carboxylic acids is 1. The van der Waals surface area contributed by atoms with Crippen molar-refractivity contribution in [1.82, 2.24) is 10.2 Å². The third kappa shape index (κ3) is 6.71. The Labute approximate surface area is 125 Å². The summed E-state index contributed by atoms with van der Waals surface area (Å²) in [6.45, 7) is 16.8. The monoisotopic (exact) mass is 286 g/mol. The average Bonchev–Trinajstić information content (AvgIpc) is 2.31. The van der Waals surface area contributed by atoms with Crippen molar-refractivity contribution >= 4 is 5.97 Å². The minimum absolute atomic E-state index is 0.181. The fourth-order valence-electron chi connectivity index (χ4n) is 2.49. The van der Waals surface area contributed by atoms with Crippen LogP contribution in [0.2, 0.25) is 0 Å². The molecule has 0 rings (SSSR count). The molecule has 4 heteroatoms. The molecule has 20 heavy (non-hydrogen) atoms. The molecular formula is C16H34N2O2. The molecule has 0 aliphatic rings. The quantitative estimate of drug-likeness (QED) is 0.662. The predicted molar refractivity (Wildman–Crippen MR) is 84.9 cm³/mol. The van der Waals surface area contributed by atoms with E-state index in [0.29, 0.717) is 12.0 Å². The minimum atomic E-state index is -0.618. The van der Waals surface area contributed by atoms with Gasteiger partial charge >= 0.3 is 5.97 Å². The third-order valence-corrected chi connectivity index (χ3v) is 3.47. The fourth-order valence-corrected chi connectivity index (χ4v) is 2.49. The van der Waals surface area contributed by atoms with Gasteiger partial charge in [0.05, 0.1) is 7.11 Å². The Morgan fingerprint density at radius 3 is 2.10 bits per heavy atom. The zero-order chi connectivity index (χ0) is 15.9. The summed E-state index contributed by atoms with van der Waals surface area (Å²) < 4.78 is 4.97. The first-order valence-corrected chi connectivity index (χ1v) is 7.72. The van der Waals surface area contributed by atoms with Crippen LogP contribution in [0.5, 0.6) is 0 Å². The average molecular weight is 286 g/mol. The Balaban J connectivity index is 4.76. The number of nitrogens with one attached hydrogen (secondary N) is 1. The van der Waals surface area contributed by atoms with E-state index in [2.05, 4.69) is 51.8 Å². The van der Waals surface area contributed by atoms with Crippen molar-refractivity contribution < 1.29 is 9.53 Å². The maximum Gasteiger partial charge on any atom is 0.325 e. The van der Waals surface area contributed by atoms with Crippen LogP contribution in [-0.2, 0) is 9.53 Å². The number of methoxy groups -OCH3 is 1. The van der Waals surface area contributed by atoms with Crippen LogP contribution in [0.15, 0.2) is 0 Å². The summed E-state index contributed by atoms with van der Waals surface area (Å²) in [4.78, 5) is 14.5. The number of rotatable bonds is 9. The third-order valence-electron chi connectivity index (χ3n) is 3.47. The molecule has 0 fully saturated rings. The van der Waals surface area contributed by atoms with Crippen molar-refractivity contribution in [2.24, 2.45) is 5.92 Å². The van der Waals surface area contributed by atoms with E-state index in [0.717, 1.165) is 19.5 Å². The molecule has 1 N–H and O–H groups in total. The molecule has 0 spiro atoms. The second-order valence-corrected chi connectivity index (χ2v) is 6.86. The highest BCUT2D eigenvalue weighted by Crippen LogP contribution is 2.16. The van der Waals surface area contributed by atoms with Gasteiger partial charge in [0.2, 0.25) is 0 Å². The molecule has 0 saturated carbocycles. The van der Waals surface area contributed by atoms with E-state index < -0.39 is 5.54 Å². The summed E-state index contributed by atoms with van der Waals surface area (Å²) in [5.74, 6) is 0.444. The van der Waals surface area contributed by atoms with E-state index in [1.807, 2.05) is 6.92 Å². The molecular weight excluding hydrogens is 252 g/mol. The van der Waals surface area contributed by atoms with Crippen molar-refractivity contribution in [1.29, 1.82) is 0 Å². The van der Waals surface area contributed by atoms with E-state index in [1.165, 1.54) is 7.11 Å². The van der Waals surface area contributed by atoms with Gasteiger partial charge in [-0.15, -0.1) is 0 Å². The molecule has 0 aromatic carbocycles. The fraction of sp³-hybridized carbons (Fsp3) is 0.938. The highest BCUT2D eigenvalue weighted by Gasteiger charge is 2.35. The Morgan fingerprint density at radius 1 is 1.20 bits per heavy atom. The first kappa shape index (κ1) is 19.4. The topological polar surface area (TPSA) is 41.6 Å². The summed E-state index contributed by atoms with van der Waals surface area (Å²) in [7, 11) is 1.46. The Kier molecular flexibility index (Phi) is 8.36. The highest BCUT2D eigenvalue weighted by molar-refractivity contribution is 5.80. The van der Waals surface area contributed by atoms with Crippen LogP contribution in [0, 0.1) is 5.92 Å². The number of ether oxygens (including phenoxy) is 1. The molecule has 1 atom stereocenters. The molecule has 0 aromatic rings. The number of carbonyl (C=O) groups is 1. The van der Waals surface area contributed by atoms with Gasteiger partial charge in [0.1, 0.15) is 5.54 Å². The van der Waals surface area contributed by atoms with Crippen LogP contribution < -0.4 is 5.32 Å². The second kappa shape index (κ2) is 8.63. The lowest BCUT2D eigenvalue weighted by atomic mass is 9.95. The minimum Gasteiger partial charge on any atom is -0.468 e. The lowest BCUT2D eigenvalue weighted by Crippen LogP contribution is -2.55. The molecule has 0 aliphatic carbocycles. The van der Waals surface area contributed by atoms with Crippen molar-refractivity contribution in [3.05, 3.63) is 0 Å². The van der Waals surface area contributed by atoms with Crippen molar-refractivity contribution in [2.75, 3.05) is 20.2 Å². The van der Waals surface area contributed by atoms with E-state index in [9.17, 15) is 4.79 Å². The summed E-state index contributed by atoms with van der Waals surface area (Å²) in [5, 5.41) is 3.35. The van der Waals surface area contributed by atoms with Crippen LogP contribution in [-0.4, -0.2) is 48.7 Å². The van der Waals surface area contributed by atoms with Gasteiger partial charge in [-0.1, -0.05) is 13.8 Å². The van der Waals surface area contributed by atoms with Crippen molar-refractivity contribution in [2.45, 2.75) is 72.5 Å². The van der Waals surface area contributed by atoms with Crippen molar-refractivity contribution in [3.63, 3.8) is 0 Å². The molecule has 4 nitrogen and oxygen atoms in total. The standard InChI is InChI=1S/C16H34N2O2/c1-12(2)11-18(14(5)6)10-9-16(7,15(19)20-8)17-13(3)4/h12-14,17H,9-11H2,1-8H3. The van der Waals surface area contributed by atoms with E-state index >= 15 is 0 Å². The zero-order valence-corrected chi connectivity index (χ0v) is 14.6. The van der Waals surface area contributed by atoms with Gasteiger partial charge in [-0.2, -0.15) is 0 Å². The van der Waals surface area contributed by atoms with Crippen LogP contribution in [0.25, 0.3) is 0 Å². The molecule has 0 aromatic heterocycles. The number of hydrogen-bond donors (Lipinski definition) is 1. The van der Waals surface area contributed by atoms with E-state index in [4.69, 9.17) is 4.74 Å². The smallest absolute Gasteiger partial charge is 0.325 e. The zero-order valence-electron chi connectivity index (χ0n) is 14.6. The lowest BCUT2D eigenvalue weighted by Gasteiger charge is -2.35. The summed E-state index contributed by atoms with van der Waals surface area (Å²) in [5.41, 5.74) is -0.618. The summed E-state index contributed by atoms with van der Waals surface area (Å²) in [6.07, 6.45) is 0.753. The van der Waals surface area contributed by atoms with E-state index in [1.54, 1.807) is 0 Å². The number of esters is 1. The lowest BCUT2D eigenvalue weighted by molar-refractivity contribution is -0.148. The molecule has 120 valence electrons. The van der Waals surface area contributed by atoms with Gasteiger partial charge in [0, 0.05) is 25.2 Å². The SMILES string of the molecule is COC(=O)C(C)(CCN(CC(C)C)C(C)C)NC(C)C. The van der Waals surface area contributed by atoms with E-state index in [-0.39, 0.29) is 12.0 Å². The van der Waals surface area contributed by atoms with Crippen molar-refractivity contribution in [3.8, 4) is 0 Å². The van der Waals surface area contributed by atoms with Gasteiger partial charge in [0.25, 0.3) is 0 Å². The molecule has 0 radical (unpaired) electrons. The highest BCUT2D eigenvalue weighted by atomic mass is 16.5. The summed E-state index contributed by atoms with van der Waals surface area (Å²) in [6, 6.07) is 0.732. The maximum absolute atomic E-state index is 12.1. The van der Waals surface area contributed by atoms with Gasteiger partial charge in [0.15, 0.2) is 0 Å². The molecule has 0 saturated heterocycles. The largest absolute Gasteiger partial charge is 0.468 e. The van der Waals surface area contributed by atoms with Gasteiger partial charge in [-0.3, -0.25) is 10.1 Å². The Hall–Kier alpha value is -0.610. The molecule has 0 heterocycles. The maximum atomic E-state index is 12.1. The first-order valence-electron chi connectivity index (χ1n) is 7.72. The van der Waals surface area contributed by atoms with Gasteiger partial charge in [-0.05, 0) is 47.0 Å². The van der Waals surface area contributed by atoms with Crippen LogP contribution in [0.4, 0.5) is 0 Å². The van der Waals surface area contributed by atoms with Gasteiger partial charge < -0.3 is 9.64 Å². The van der Waals surface area contributed by atoms with Gasteiger partial charge in [-0.25, -0.2) is 0 Å². The molecule has 0 amide bonds. The predicted octanol–water partition coefficient (Wildman–Crippen LogP) is 2.67. The Morgan fingerprint density at radius 2 is 1.75 bits per heavy atom. The Bertz CT molecular complexity index is 290. The van der Waals surface area contributed by atoms with Crippen LogP contribution in [0.3, 0.4) is 0 Å². The number of nitrogens with zero attached hydrogens (tertiary/aromatic N) is 1. The first-order chi connectivity index (χ1) is 9.12.